The number of allylic oxidation sites excluding steroid dienone is 1. The van der Waals surface area contributed by atoms with Gasteiger partial charge in [-0.1, -0.05) is 48.2 Å². The van der Waals surface area contributed by atoms with E-state index in [2.05, 4.69) is 22.1 Å². The van der Waals surface area contributed by atoms with Gasteiger partial charge < -0.3 is 10.1 Å². The number of nitrogens with zero attached hydrogens (tertiary/aromatic N) is 3. The molecule has 1 amide bonds. The highest BCUT2D eigenvalue weighted by Crippen LogP contribution is 2.19. The lowest BCUT2D eigenvalue weighted by atomic mass is 10.2. The molecule has 156 valence electrons. The second kappa shape index (κ2) is 11.2. The maximum Gasteiger partial charge on any atom is 0.221 e. The number of carbonyl (C=O) groups is 1. The van der Waals surface area contributed by atoms with Crippen LogP contribution in [0.4, 0.5) is 4.39 Å². The Morgan fingerprint density at radius 3 is 2.67 bits per heavy atom. The number of amides is 1. The van der Waals surface area contributed by atoms with Gasteiger partial charge in [-0.05, 0) is 29.8 Å². The van der Waals surface area contributed by atoms with Crippen LogP contribution in [0.3, 0.4) is 0 Å². The standard InChI is InChI=1S/C22H23FN4O2S/c1-2-13-27-20(16-29-19-6-4-3-5-7-19)25-26-22(27)30-14-12-21(28)24-15-17-8-10-18(23)11-9-17/h2-11H,1,12-16H2,(H,24,28). The first-order chi connectivity index (χ1) is 14.7. The number of ether oxygens (including phenoxy) is 1. The van der Waals surface area contributed by atoms with E-state index in [1.165, 1.54) is 23.9 Å². The van der Waals surface area contributed by atoms with Crippen molar-refractivity contribution >= 4 is 17.7 Å². The molecule has 0 saturated heterocycles. The van der Waals surface area contributed by atoms with Crippen molar-refractivity contribution in [2.75, 3.05) is 5.75 Å². The number of halogens is 1. The normalized spacial score (nSPS) is 10.6. The zero-order valence-corrected chi connectivity index (χ0v) is 17.3. The molecular weight excluding hydrogens is 403 g/mol. The Kier molecular flexibility index (Phi) is 8.02. The largest absolute Gasteiger partial charge is 0.486 e. The van der Waals surface area contributed by atoms with Gasteiger partial charge >= 0.3 is 0 Å². The fourth-order valence-corrected chi connectivity index (χ4v) is 3.54. The minimum Gasteiger partial charge on any atom is -0.486 e. The number of thioether (sulfide) groups is 1. The first-order valence-electron chi connectivity index (χ1n) is 9.50. The van der Waals surface area contributed by atoms with Crippen molar-refractivity contribution in [1.29, 1.82) is 0 Å². The lowest BCUT2D eigenvalue weighted by molar-refractivity contribution is -0.120. The molecule has 0 aliphatic carbocycles. The molecule has 0 spiro atoms. The number of para-hydroxylation sites is 1. The lowest BCUT2D eigenvalue weighted by Gasteiger charge is -2.09. The summed E-state index contributed by atoms with van der Waals surface area (Å²) in [4.78, 5) is 12.1. The van der Waals surface area contributed by atoms with Gasteiger partial charge in [-0.3, -0.25) is 9.36 Å². The Bertz CT molecular complexity index is 961. The lowest BCUT2D eigenvalue weighted by Crippen LogP contribution is -2.23. The maximum atomic E-state index is 12.9. The highest BCUT2D eigenvalue weighted by molar-refractivity contribution is 7.99. The Balaban J connectivity index is 1.48. The van der Waals surface area contributed by atoms with Crippen LogP contribution in [0.2, 0.25) is 0 Å². The van der Waals surface area contributed by atoms with Crippen LogP contribution >= 0.6 is 11.8 Å². The molecule has 0 aliphatic rings. The number of carbonyl (C=O) groups excluding carboxylic acids is 1. The van der Waals surface area contributed by atoms with Gasteiger partial charge in [-0.25, -0.2) is 4.39 Å². The number of aromatic nitrogens is 3. The minimum atomic E-state index is -0.293. The van der Waals surface area contributed by atoms with Crippen LogP contribution in [0, 0.1) is 5.82 Å². The molecule has 0 unspecified atom stereocenters. The van der Waals surface area contributed by atoms with E-state index in [4.69, 9.17) is 4.74 Å². The van der Waals surface area contributed by atoms with Crippen molar-refractivity contribution in [2.45, 2.75) is 31.3 Å². The Morgan fingerprint density at radius 1 is 1.17 bits per heavy atom. The molecule has 1 N–H and O–H groups in total. The van der Waals surface area contributed by atoms with Crippen LogP contribution in [0.15, 0.2) is 72.4 Å². The summed E-state index contributed by atoms with van der Waals surface area (Å²) in [6.45, 7) is 5.01. The fourth-order valence-electron chi connectivity index (χ4n) is 2.64. The predicted octanol–water partition coefficient (Wildman–Crippen LogP) is 3.98. The second-order valence-electron chi connectivity index (χ2n) is 6.40. The second-order valence-corrected chi connectivity index (χ2v) is 7.46. The van der Waals surface area contributed by atoms with Gasteiger partial charge in [0.05, 0.1) is 0 Å². The molecule has 3 rings (SSSR count). The summed E-state index contributed by atoms with van der Waals surface area (Å²) >= 11 is 1.46. The molecule has 30 heavy (non-hydrogen) atoms. The molecule has 0 aliphatic heterocycles. The molecule has 0 atom stereocenters. The van der Waals surface area contributed by atoms with Crippen molar-refractivity contribution in [2.24, 2.45) is 0 Å². The maximum absolute atomic E-state index is 12.9. The average molecular weight is 427 g/mol. The van der Waals surface area contributed by atoms with E-state index in [0.717, 1.165) is 11.3 Å². The highest BCUT2D eigenvalue weighted by Gasteiger charge is 2.13. The van der Waals surface area contributed by atoms with Crippen LogP contribution in [0.25, 0.3) is 0 Å². The zero-order valence-electron chi connectivity index (χ0n) is 16.5. The van der Waals surface area contributed by atoms with Gasteiger partial charge in [-0.15, -0.1) is 16.8 Å². The Labute approximate surface area is 179 Å². The number of hydrogen-bond acceptors (Lipinski definition) is 5. The molecule has 8 heteroatoms. The van der Waals surface area contributed by atoms with Gasteiger partial charge in [0.1, 0.15) is 18.2 Å². The summed E-state index contributed by atoms with van der Waals surface area (Å²) in [5, 5.41) is 12.0. The third kappa shape index (κ3) is 6.45. The van der Waals surface area contributed by atoms with Crippen LogP contribution < -0.4 is 10.1 Å². The first kappa shape index (κ1) is 21.6. The quantitative estimate of drug-likeness (QED) is 0.371. The third-order valence-electron chi connectivity index (χ3n) is 4.18. The Hall–Kier alpha value is -3.13. The predicted molar refractivity (Wildman–Crippen MR) is 115 cm³/mol. The van der Waals surface area contributed by atoms with E-state index < -0.39 is 0 Å². The molecule has 1 heterocycles. The van der Waals surface area contributed by atoms with Crippen molar-refractivity contribution in [1.82, 2.24) is 20.1 Å². The summed E-state index contributed by atoms with van der Waals surface area (Å²) in [5.41, 5.74) is 0.853. The average Bonchev–Trinajstić information content (AvgIpc) is 3.14. The Morgan fingerprint density at radius 2 is 1.93 bits per heavy atom. The SMILES string of the molecule is C=CCn1c(COc2ccccc2)nnc1SCCC(=O)NCc1ccc(F)cc1. The van der Waals surface area contributed by atoms with Gasteiger partial charge in [0.15, 0.2) is 11.0 Å². The van der Waals surface area contributed by atoms with E-state index in [1.807, 2.05) is 34.9 Å². The van der Waals surface area contributed by atoms with Gasteiger partial charge in [0.25, 0.3) is 0 Å². The monoisotopic (exact) mass is 426 g/mol. The van der Waals surface area contributed by atoms with Crippen molar-refractivity contribution < 1.29 is 13.9 Å². The summed E-state index contributed by atoms with van der Waals surface area (Å²) < 4.78 is 20.6. The third-order valence-corrected chi connectivity index (χ3v) is 5.15. The summed E-state index contributed by atoms with van der Waals surface area (Å²) in [6.07, 6.45) is 2.11. The van der Waals surface area contributed by atoms with E-state index >= 15 is 0 Å². The number of nitrogens with one attached hydrogen (secondary N) is 1. The number of benzene rings is 2. The molecule has 0 saturated carbocycles. The van der Waals surface area contributed by atoms with Gasteiger partial charge in [0, 0.05) is 25.3 Å². The number of hydrogen-bond donors (Lipinski definition) is 1. The van der Waals surface area contributed by atoms with E-state index in [1.54, 1.807) is 18.2 Å². The minimum absolute atomic E-state index is 0.0748. The first-order valence-corrected chi connectivity index (χ1v) is 10.5. The van der Waals surface area contributed by atoms with Crippen molar-refractivity contribution in [3.05, 3.63) is 84.5 Å². The van der Waals surface area contributed by atoms with Crippen LogP contribution in [-0.2, 0) is 24.5 Å². The van der Waals surface area contributed by atoms with Crippen LogP contribution in [-0.4, -0.2) is 26.4 Å². The summed E-state index contributed by atoms with van der Waals surface area (Å²) in [5.74, 6) is 1.65. The van der Waals surface area contributed by atoms with Crippen molar-refractivity contribution in [3.8, 4) is 5.75 Å². The highest BCUT2D eigenvalue weighted by atomic mass is 32.2. The molecule has 2 aromatic carbocycles. The molecule has 0 fully saturated rings. The molecule has 1 aromatic heterocycles. The molecule has 6 nitrogen and oxygen atoms in total. The summed E-state index contributed by atoms with van der Waals surface area (Å²) in [7, 11) is 0. The smallest absolute Gasteiger partial charge is 0.221 e. The van der Waals surface area contributed by atoms with Gasteiger partial charge in [-0.2, -0.15) is 0 Å². The topological polar surface area (TPSA) is 69.0 Å². The van der Waals surface area contributed by atoms with E-state index in [-0.39, 0.29) is 11.7 Å². The number of rotatable bonds is 11. The van der Waals surface area contributed by atoms with Crippen LogP contribution in [0.5, 0.6) is 5.75 Å². The van der Waals surface area contributed by atoms with Crippen molar-refractivity contribution in [3.63, 3.8) is 0 Å². The molecule has 0 radical (unpaired) electrons. The molecular formula is C22H23FN4O2S. The molecule has 0 bridgehead atoms. The fraction of sp³-hybridized carbons (Fsp3) is 0.227. The van der Waals surface area contributed by atoms with E-state index in [9.17, 15) is 9.18 Å². The zero-order chi connectivity index (χ0) is 21.2. The summed E-state index contributed by atoms with van der Waals surface area (Å²) in [6, 6.07) is 15.6. The van der Waals surface area contributed by atoms with Gasteiger partial charge in [0.2, 0.25) is 5.91 Å². The van der Waals surface area contributed by atoms with Crippen LogP contribution in [0.1, 0.15) is 17.8 Å². The van der Waals surface area contributed by atoms with E-state index in [0.29, 0.717) is 42.9 Å². The molecule has 3 aromatic rings.